The van der Waals surface area contributed by atoms with Crippen molar-refractivity contribution in [2.75, 3.05) is 0 Å². The Bertz CT molecular complexity index is 38.9. The molecule has 106 valence electrons. The van der Waals surface area contributed by atoms with Crippen LogP contribution in [0.4, 0.5) is 0 Å². The van der Waals surface area contributed by atoms with Crippen molar-refractivity contribution < 1.29 is 99.8 Å². The molecule has 0 saturated heterocycles. The molecule has 0 aromatic heterocycles. The van der Waals surface area contributed by atoms with Crippen LogP contribution in [0.2, 0.25) is 0 Å². The van der Waals surface area contributed by atoms with Gasteiger partial charge in [0.25, 0.3) is 0 Å². The van der Waals surface area contributed by atoms with E-state index in [2.05, 4.69) is 0 Å². The van der Waals surface area contributed by atoms with Crippen LogP contribution in [0.3, 0.4) is 0 Å². The van der Waals surface area contributed by atoms with Crippen LogP contribution in [0.5, 0.6) is 0 Å². The molecule has 15 heavy (non-hydrogen) atoms. The van der Waals surface area contributed by atoms with E-state index in [4.69, 9.17) is 14.1 Å². The van der Waals surface area contributed by atoms with Crippen molar-refractivity contribution in [1.29, 1.82) is 0 Å². The Labute approximate surface area is 109 Å². The zero-order chi connectivity index (χ0) is 3.58. The third kappa shape index (κ3) is 45100. The minimum atomic E-state index is -3.13. The van der Waals surface area contributed by atoms with Crippen LogP contribution in [0.25, 0.3) is 0 Å². The first-order valence-electron chi connectivity index (χ1n) is 0.651. The maximum atomic E-state index is 8.74. The summed E-state index contributed by atoms with van der Waals surface area (Å²) in [6.45, 7) is 0. The SMILES string of the molecule is O.O.O.O.O.O.O.O.O.O.O=[Si](O)O.[H-].[Na+]. The van der Waals surface area contributed by atoms with Gasteiger partial charge in [-0.1, -0.05) is 0 Å². The van der Waals surface area contributed by atoms with E-state index in [9.17, 15) is 0 Å². The van der Waals surface area contributed by atoms with Gasteiger partial charge < -0.3 is 65.8 Å². The van der Waals surface area contributed by atoms with Gasteiger partial charge in [-0.2, -0.15) is 0 Å². The molecule has 0 saturated carbocycles. The average molecular weight is 282 g/mol. The molecule has 0 spiro atoms. The molecule has 0 unspecified atom stereocenters. The van der Waals surface area contributed by atoms with E-state index >= 15 is 0 Å². The second-order valence-corrected chi connectivity index (χ2v) is 0.848. The van der Waals surface area contributed by atoms with Crippen LogP contribution in [0.1, 0.15) is 1.43 Å². The molecule has 0 rings (SSSR count). The molecule has 0 bridgehead atoms. The van der Waals surface area contributed by atoms with Crippen molar-refractivity contribution in [2.45, 2.75) is 0 Å². The van der Waals surface area contributed by atoms with Gasteiger partial charge in [0.05, 0.1) is 0 Å². The molecule has 0 aliphatic carbocycles. The fourth-order valence-electron chi connectivity index (χ4n) is 0. The van der Waals surface area contributed by atoms with E-state index in [0.717, 1.165) is 0 Å². The van der Waals surface area contributed by atoms with Crippen LogP contribution < -0.4 is 29.6 Å². The molecule has 0 fully saturated rings. The standard InChI is InChI=1S/Na.H2O3Si.10H2O.H/c;1-4(2)3;;;;;;;;;;;/h;1-2H;10*1H2;/q+1;;;;;;;;;;;;-1. The summed E-state index contributed by atoms with van der Waals surface area (Å²) in [6, 6.07) is 0. The molecular weight excluding hydrogens is 259 g/mol. The van der Waals surface area contributed by atoms with Gasteiger partial charge in [-0.05, 0) is 0 Å². The van der Waals surface area contributed by atoms with Gasteiger partial charge in [0.2, 0.25) is 0 Å². The van der Waals surface area contributed by atoms with Gasteiger partial charge >= 0.3 is 38.7 Å². The van der Waals surface area contributed by atoms with Crippen LogP contribution in [-0.2, 0) is 4.46 Å². The second-order valence-electron chi connectivity index (χ2n) is 0.283. The predicted octanol–water partition coefficient (Wildman–Crippen LogP) is -12.7. The van der Waals surface area contributed by atoms with Crippen molar-refractivity contribution in [1.82, 2.24) is 0 Å². The van der Waals surface area contributed by atoms with Crippen molar-refractivity contribution in [3.63, 3.8) is 0 Å². The number of hydrogen-bond acceptors (Lipinski definition) is 1. The molecule has 0 aliphatic heterocycles. The van der Waals surface area contributed by atoms with Crippen molar-refractivity contribution in [3.05, 3.63) is 0 Å². The van der Waals surface area contributed by atoms with E-state index in [0.29, 0.717) is 0 Å². The molecule has 13 nitrogen and oxygen atoms in total. The summed E-state index contributed by atoms with van der Waals surface area (Å²) in [6.07, 6.45) is 0. The summed E-state index contributed by atoms with van der Waals surface area (Å²) in [5.74, 6) is 0. The topological polar surface area (TPSA) is 373 Å². The zero-order valence-corrected chi connectivity index (χ0v) is 10.8. The summed E-state index contributed by atoms with van der Waals surface area (Å²) < 4.78 is 8.74. The van der Waals surface area contributed by atoms with Crippen LogP contribution in [0.15, 0.2) is 0 Å². The normalized spacial score (nSPS) is 1.60. The third-order valence-corrected chi connectivity index (χ3v) is 0. The largest absolute Gasteiger partial charge is 1.00 e. The fraction of sp³-hybridized carbons (Fsp3) is 0. The maximum Gasteiger partial charge on any atom is 1.00 e. The van der Waals surface area contributed by atoms with E-state index in [-0.39, 0.29) is 85.7 Å². The zero-order valence-electron chi connectivity index (χ0n) is 8.80. The van der Waals surface area contributed by atoms with Gasteiger partial charge in [-0.15, -0.1) is 0 Å². The van der Waals surface area contributed by atoms with E-state index in [1.165, 1.54) is 0 Å². The molecule has 0 aromatic carbocycles. The Morgan fingerprint density at radius 1 is 0.600 bits per heavy atom. The summed E-state index contributed by atoms with van der Waals surface area (Å²) in [5.41, 5.74) is 0. The molecule has 0 aromatic rings. The van der Waals surface area contributed by atoms with E-state index in [1.54, 1.807) is 0 Å². The van der Waals surface area contributed by atoms with Crippen LogP contribution >= 0.6 is 0 Å². The number of rotatable bonds is 0. The molecule has 0 radical (unpaired) electrons. The maximum absolute atomic E-state index is 8.74. The summed E-state index contributed by atoms with van der Waals surface area (Å²) in [4.78, 5) is 14.3. The molecule has 0 amide bonds. The van der Waals surface area contributed by atoms with Gasteiger partial charge in [-0.3, -0.25) is 4.46 Å². The minimum Gasteiger partial charge on any atom is -1.00 e. The summed E-state index contributed by atoms with van der Waals surface area (Å²) >= 11 is 0. The predicted molar refractivity (Wildman–Crippen MR) is 48.1 cm³/mol. The molecule has 0 heterocycles. The first kappa shape index (κ1) is 297. The van der Waals surface area contributed by atoms with E-state index in [1.807, 2.05) is 0 Å². The Hall–Kier alpha value is 0.217. The van der Waals surface area contributed by atoms with Gasteiger partial charge in [0.15, 0.2) is 0 Å². The quantitative estimate of drug-likeness (QED) is 0.408. The Balaban J connectivity index is -0.000000000682. The first-order chi connectivity index (χ1) is 1.73. The number of hydrogen-bond donors (Lipinski definition) is 2. The second kappa shape index (κ2) is 240. The van der Waals surface area contributed by atoms with Crippen LogP contribution in [-0.4, -0.2) is 73.5 Å². The van der Waals surface area contributed by atoms with Crippen molar-refractivity contribution in [3.8, 4) is 0 Å². The van der Waals surface area contributed by atoms with E-state index < -0.39 is 9.17 Å². The summed E-state index contributed by atoms with van der Waals surface area (Å²) in [5, 5.41) is 0. The van der Waals surface area contributed by atoms with Gasteiger partial charge in [-0.25, -0.2) is 0 Å². The average Bonchev–Trinajstić information content (AvgIpc) is 0.811. The third-order valence-electron chi connectivity index (χ3n) is 0. The van der Waals surface area contributed by atoms with Crippen molar-refractivity contribution >= 4 is 9.17 Å². The summed E-state index contributed by atoms with van der Waals surface area (Å²) in [7, 11) is -3.13. The molecule has 0 aliphatic rings. The van der Waals surface area contributed by atoms with Crippen LogP contribution in [0, 0.1) is 0 Å². The molecule has 22 N–H and O–H groups in total. The van der Waals surface area contributed by atoms with Gasteiger partial charge in [0, 0.05) is 0 Å². The molecule has 0 atom stereocenters. The monoisotopic (exact) mass is 282 g/mol. The van der Waals surface area contributed by atoms with Gasteiger partial charge in [0.1, 0.15) is 0 Å². The first-order valence-corrected chi connectivity index (χ1v) is 1.95. The van der Waals surface area contributed by atoms with Crippen molar-refractivity contribution in [2.24, 2.45) is 0 Å². The molecule has 15 heteroatoms. The smallest absolute Gasteiger partial charge is 1.00 e. The fourth-order valence-corrected chi connectivity index (χ4v) is 0. The Morgan fingerprint density at radius 2 is 0.600 bits per heavy atom. The Kier molecular flexibility index (Phi) is 4760. The molecular formula is H23NaO13Si. The minimum absolute atomic E-state index is 0. The Morgan fingerprint density at radius 3 is 0.600 bits per heavy atom.